The van der Waals surface area contributed by atoms with Crippen LogP contribution in [-0.2, 0) is 0 Å². The lowest BCUT2D eigenvalue weighted by atomic mass is 9.95. The Hall–Kier alpha value is 0.147. The van der Waals surface area contributed by atoms with Gasteiger partial charge in [0.25, 0.3) is 0 Å². The molecule has 0 aliphatic carbocycles. The average Bonchev–Trinajstić information content (AvgIpc) is 2.30. The first kappa shape index (κ1) is 17.1. The van der Waals surface area contributed by atoms with Crippen molar-refractivity contribution in [2.45, 2.75) is 83.8 Å². The van der Waals surface area contributed by atoms with Crippen molar-refractivity contribution in [1.82, 2.24) is 0 Å². The van der Waals surface area contributed by atoms with Gasteiger partial charge in [0.15, 0.2) is 0 Å². The predicted octanol–water partition coefficient (Wildman–Crippen LogP) is 5.86. The monoisotopic (exact) mass is 259 g/mol. The highest BCUT2D eigenvalue weighted by atomic mass is 28.3. The van der Waals surface area contributed by atoms with E-state index < -0.39 is 0 Å². The number of alkyl halides is 1. The quantitative estimate of drug-likeness (QED) is 0.304. The van der Waals surface area contributed by atoms with Crippen molar-refractivity contribution in [3.63, 3.8) is 0 Å². The fourth-order valence-electron chi connectivity index (χ4n) is 2.33. The minimum absolute atomic E-state index is 0.0122. The minimum Gasteiger partial charge on any atom is -0.251 e. The Kier molecular flexibility index (Phi) is 12.7. The van der Waals surface area contributed by atoms with Gasteiger partial charge < -0.3 is 0 Å². The van der Waals surface area contributed by atoms with Gasteiger partial charge in [0.05, 0.1) is 6.67 Å². The zero-order valence-electron chi connectivity index (χ0n) is 12.2. The molecule has 1 unspecified atom stereocenters. The van der Waals surface area contributed by atoms with E-state index in [1.165, 1.54) is 51.0 Å². The molecule has 103 valence electrons. The lowest BCUT2D eigenvalue weighted by molar-refractivity contribution is 0.351. The minimum atomic E-state index is -0.128. The first-order valence-electron chi connectivity index (χ1n) is 7.55. The van der Waals surface area contributed by atoms with Crippen molar-refractivity contribution in [2.75, 3.05) is 6.67 Å². The van der Waals surface area contributed by atoms with E-state index in [1.807, 2.05) is 0 Å². The van der Waals surface area contributed by atoms with Gasteiger partial charge in [-0.05, 0) is 12.3 Å². The molecule has 0 heterocycles. The molecule has 0 N–H and O–H groups in total. The highest BCUT2D eigenvalue weighted by Gasteiger charge is 2.05. The van der Waals surface area contributed by atoms with Crippen LogP contribution in [0.1, 0.15) is 64.7 Å². The fourth-order valence-corrected chi connectivity index (χ4v) is 3.28. The average molecular weight is 260 g/mol. The van der Waals surface area contributed by atoms with Crippen molar-refractivity contribution in [1.29, 1.82) is 0 Å². The molecule has 0 aromatic rings. The molecule has 0 aliphatic heterocycles. The van der Waals surface area contributed by atoms with Crippen LogP contribution in [0.4, 0.5) is 4.39 Å². The number of hydrogen-bond donors (Lipinski definition) is 0. The van der Waals surface area contributed by atoms with E-state index in [1.54, 1.807) is 0 Å². The molecule has 0 nitrogen and oxygen atoms in total. The maximum Gasteiger partial charge on any atom is 0.0897 e. The molecule has 2 heteroatoms. The van der Waals surface area contributed by atoms with Crippen LogP contribution in [0.3, 0.4) is 0 Å². The summed E-state index contributed by atoms with van der Waals surface area (Å²) in [6.07, 6.45) is 11.5. The summed E-state index contributed by atoms with van der Waals surface area (Å²) in [6.45, 7) is 6.87. The summed E-state index contributed by atoms with van der Waals surface area (Å²) in [6, 6.07) is 1.49. The van der Waals surface area contributed by atoms with Crippen LogP contribution in [0.5, 0.6) is 0 Å². The van der Waals surface area contributed by atoms with Gasteiger partial charge in [-0.25, -0.2) is 0 Å². The maximum atomic E-state index is 12.2. The smallest absolute Gasteiger partial charge is 0.0897 e. The lowest BCUT2D eigenvalue weighted by Gasteiger charge is -2.12. The highest BCUT2D eigenvalue weighted by Crippen LogP contribution is 2.18. The second kappa shape index (κ2) is 12.6. The van der Waals surface area contributed by atoms with Crippen LogP contribution < -0.4 is 0 Å². The first-order chi connectivity index (χ1) is 8.20. The van der Waals surface area contributed by atoms with Gasteiger partial charge in [0.1, 0.15) is 0 Å². The fraction of sp³-hybridized carbons (Fsp3) is 1.00. The third-order valence-electron chi connectivity index (χ3n) is 3.63. The molecule has 0 aromatic carbocycles. The number of hydrogen-bond acceptors (Lipinski definition) is 0. The topological polar surface area (TPSA) is 0 Å². The predicted molar refractivity (Wildman–Crippen MR) is 79.0 cm³/mol. The Labute approximate surface area is 110 Å². The number of rotatable bonds is 12. The molecule has 17 heavy (non-hydrogen) atoms. The SMILES string of the molecule is CCC(CCF)CCCCCCCC[Si](C)C. The van der Waals surface area contributed by atoms with E-state index in [2.05, 4.69) is 20.0 Å². The molecular weight excluding hydrogens is 227 g/mol. The van der Waals surface area contributed by atoms with E-state index in [-0.39, 0.29) is 15.5 Å². The number of unbranched alkanes of at least 4 members (excludes halogenated alkanes) is 5. The zero-order valence-corrected chi connectivity index (χ0v) is 13.2. The van der Waals surface area contributed by atoms with Gasteiger partial charge in [0, 0.05) is 8.80 Å². The van der Waals surface area contributed by atoms with E-state index >= 15 is 0 Å². The van der Waals surface area contributed by atoms with Gasteiger partial charge in [-0.15, -0.1) is 0 Å². The summed E-state index contributed by atoms with van der Waals surface area (Å²) < 4.78 is 12.2. The molecule has 0 saturated carbocycles. The molecule has 0 amide bonds. The van der Waals surface area contributed by atoms with E-state index in [0.29, 0.717) is 5.92 Å². The third kappa shape index (κ3) is 12.4. The zero-order chi connectivity index (χ0) is 12.9. The third-order valence-corrected chi connectivity index (χ3v) is 4.99. The second-order valence-electron chi connectivity index (χ2n) is 5.62. The molecule has 0 rings (SSSR count). The Morgan fingerprint density at radius 3 is 2.00 bits per heavy atom. The van der Waals surface area contributed by atoms with Crippen molar-refractivity contribution in [3.8, 4) is 0 Å². The first-order valence-corrected chi connectivity index (χ1v) is 10.3. The lowest BCUT2D eigenvalue weighted by Crippen LogP contribution is -2.00. The Bertz CT molecular complexity index is 148. The molecule has 0 bridgehead atoms. The van der Waals surface area contributed by atoms with E-state index in [9.17, 15) is 4.39 Å². The Morgan fingerprint density at radius 2 is 1.47 bits per heavy atom. The van der Waals surface area contributed by atoms with Crippen molar-refractivity contribution in [2.24, 2.45) is 5.92 Å². The molecule has 1 atom stereocenters. The molecule has 0 fully saturated rings. The van der Waals surface area contributed by atoms with Crippen LogP contribution in [0, 0.1) is 5.92 Å². The van der Waals surface area contributed by atoms with Crippen LogP contribution in [0.25, 0.3) is 0 Å². The summed E-state index contributed by atoms with van der Waals surface area (Å²) in [5, 5.41) is 0. The molecule has 0 saturated heterocycles. The normalized spacial score (nSPS) is 13.2. The second-order valence-corrected chi connectivity index (χ2v) is 8.53. The van der Waals surface area contributed by atoms with Gasteiger partial charge in [-0.3, -0.25) is 4.39 Å². The van der Waals surface area contributed by atoms with E-state index in [0.717, 1.165) is 12.8 Å². The molecule has 0 spiro atoms. The summed E-state index contributed by atoms with van der Waals surface area (Å²) >= 11 is 0. The van der Waals surface area contributed by atoms with Crippen LogP contribution >= 0.6 is 0 Å². The summed E-state index contributed by atoms with van der Waals surface area (Å²) in [5.41, 5.74) is 0. The highest BCUT2D eigenvalue weighted by molar-refractivity contribution is 6.55. The largest absolute Gasteiger partial charge is 0.251 e. The summed E-state index contributed by atoms with van der Waals surface area (Å²) in [7, 11) is 0.0122. The number of halogens is 1. The Morgan fingerprint density at radius 1 is 0.882 bits per heavy atom. The van der Waals surface area contributed by atoms with E-state index in [4.69, 9.17) is 0 Å². The van der Waals surface area contributed by atoms with Crippen LogP contribution in [0.2, 0.25) is 19.1 Å². The summed E-state index contributed by atoms with van der Waals surface area (Å²) in [4.78, 5) is 0. The summed E-state index contributed by atoms with van der Waals surface area (Å²) in [5.74, 6) is 0.644. The van der Waals surface area contributed by atoms with Gasteiger partial charge >= 0.3 is 0 Å². The molecule has 1 radical (unpaired) electrons. The van der Waals surface area contributed by atoms with Crippen molar-refractivity contribution < 1.29 is 4.39 Å². The van der Waals surface area contributed by atoms with Crippen LogP contribution in [0.15, 0.2) is 0 Å². The van der Waals surface area contributed by atoms with Crippen molar-refractivity contribution >= 4 is 8.80 Å². The molecule has 0 aromatic heterocycles. The maximum absolute atomic E-state index is 12.2. The van der Waals surface area contributed by atoms with Crippen molar-refractivity contribution in [3.05, 3.63) is 0 Å². The Balaban J connectivity index is 3.17. The van der Waals surface area contributed by atoms with Gasteiger partial charge in [-0.1, -0.05) is 77.4 Å². The van der Waals surface area contributed by atoms with Gasteiger partial charge in [0.2, 0.25) is 0 Å². The molecular formula is C15H32FSi. The van der Waals surface area contributed by atoms with Gasteiger partial charge in [-0.2, -0.15) is 0 Å². The standard InChI is InChI=1S/C15H32FSi/c1-4-15(12-13-16)11-9-7-5-6-8-10-14-17(2)3/h15H,4-14H2,1-3H3. The molecule has 0 aliphatic rings. The van der Waals surface area contributed by atoms with Crippen LogP contribution in [-0.4, -0.2) is 15.5 Å².